The third-order valence-corrected chi connectivity index (χ3v) is 2.01. The van der Waals surface area contributed by atoms with Crippen LogP contribution in [0.4, 0.5) is 21.8 Å². The zero-order valence-electron chi connectivity index (χ0n) is 8.74. The average molecular weight is 218 g/mol. The molecule has 2 rings (SSSR count). The Bertz CT molecular complexity index is 493. The zero-order valence-corrected chi connectivity index (χ0v) is 8.74. The summed E-state index contributed by atoms with van der Waals surface area (Å²) in [6.07, 6.45) is 0. The Morgan fingerprint density at radius 3 is 2.69 bits per heavy atom. The largest absolute Gasteiger partial charge is 0.368 e. The molecule has 16 heavy (non-hydrogen) atoms. The lowest BCUT2D eigenvalue weighted by Gasteiger charge is -2.07. The van der Waals surface area contributed by atoms with Gasteiger partial charge in [0.1, 0.15) is 11.6 Å². The minimum absolute atomic E-state index is 0.166. The highest BCUT2D eigenvalue weighted by atomic mass is 19.1. The van der Waals surface area contributed by atoms with Crippen molar-refractivity contribution in [1.82, 2.24) is 9.97 Å². The molecule has 0 aliphatic heterocycles. The Morgan fingerprint density at radius 1 is 1.25 bits per heavy atom. The second kappa shape index (κ2) is 4.14. The summed E-state index contributed by atoms with van der Waals surface area (Å²) in [7, 11) is 0. The molecule has 5 heteroatoms. The zero-order chi connectivity index (χ0) is 11.5. The predicted octanol–water partition coefficient (Wildman–Crippen LogP) is 2.25. The van der Waals surface area contributed by atoms with Gasteiger partial charge in [-0.15, -0.1) is 0 Å². The van der Waals surface area contributed by atoms with Gasteiger partial charge < -0.3 is 11.1 Å². The average Bonchev–Trinajstić information content (AvgIpc) is 2.20. The van der Waals surface area contributed by atoms with Crippen LogP contribution in [0.1, 0.15) is 5.69 Å². The molecule has 1 heterocycles. The molecule has 0 bridgehead atoms. The van der Waals surface area contributed by atoms with Crippen molar-refractivity contribution in [3.05, 3.63) is 41.8 Å². The van der Waals surface area contributed by atoms with Gasteiger partial charge in [0.05, 0.1) is 5.69 Å². The summed E-state index contributed by atoms with van der Waals surface area (Å²) in [5.41, 5.74) is 6.58. The summed E-state index contributed by atoms with van der Waals surface area (Å²) >= 11 is 0. The second-order valence-electron chi connectivity index (χ2n) is 3.36. The van der Waals surface area contributed by atoms with Gasteiger partial charge in [0.2, 0.25) is 5.95 Å². The number of aryl methyl sites for hydroxylation is 1. The van der Waals surface area contributed by atoms with Gasteiger partial charge in [-0.2, -0.15) is 4.98 Å². The molecule has 4 nitrogen and oxygen atoms in total. The van der Waals surface area contributed by atoms with Crippen LogP contribution in [0, 0.1) is 12.7 Å². The van der Waals surface area contributed by atoms with Crippen molar-refractivity contribution < 1.29 is 4.39 Å². The highest BCUT2D eigenvalue weighted by Crippen LogP contribution is 2.18. The third kappa shape index (κ3) is 2.25. The van der Waals surface area contributed by atoms with Crippen molar-refractivity contribution in [2.24, 2.45) is 0 Å². The molecule has 1 aromatic carbocycles. The summed E-state index contributed by atoms with van der Waals surface area (Å²) in [6.45, 7) is 1.80. The predicted molar refractivity (Wildman–Crippen MR) is 60.9 cm³/mol. The number of nitrogens with one attached hydrogen (secondary N) is 1. The van der Waals surface area contributed by atoms with Gasteiger partial charge in [0.25, 0.3) is 0 Å². The molecule has 3 N–H and O–H groups in total. The number of nitrogens with two attached hydrogens (primary N) is 1. The van der Waals surface area contributed by atoms with Crippen LogP contribution in [-0.2, 0) is 0 Å². The van der Waals surface area contributed by atoms with E-state index in [1.54, 1.807) is 31.2 Å². The first-order valence-electron chi connectivity index (χ1n) is 4.78. The van der Waals surface area contributed by atoms with Crippen LogP contribution in [0.5, 0.6) is 0 Å². The van der Waals surface area contributed by atoms with Crippen molar-refractivity contribution in [3.63, 3.8) is 0 Å². The Labute approximate surface area is 92.3 Å². The van der Waals surface area contributed by atoms with Crippen LogP contribution in [0.2, 0.25) is 0 Å². The highest BCUT2D eigenvalue weighted by Gasteiger charge is 2.03. The fourth-order valence-corrected chi connectivity index (χ4v) is 1.36. The fourth-order valence-electron chi connectivity index (χ4n) is 1.36. The number of halogens is 1. The summed E-state index contributed by atoms with van der Waals surface area (Å²) in [4.78, 5) is 7.89. The summed E-state index contributed by atoms with van der Waals surface area (Å²) in [6, 6.07) is 8.06. The lowest BCUT2D eigenvalue weighted by Crippen LogP contribution is -2.02. The van der Waals surface area contributed by atoms with E-state index in [4.69, 9.17) is 5.73 Å². The van der Waals surface area contributed by atoms with Crippen molar-refractivity contribution in [3.8, 4) is 0 Å². The van der Waals surface area contributed by atoms with Gasteiger partial charge >= 0.3 is 0 Å². The van der Waals surface area contributed by atoms with Crippen LogP contribution < -0.4 is 11.1 Å². The molecule has 0 aliphatic rings. The number of benzene rings is 1. The number of nitrogens with zero attached hydrogens (tertiary/aromatic N) is 2. The maximum atomic E-state index is 13.3. The minimum atomic E-state index is -0.336. The number of nitrogen functional groups attached to an aromatic ring is 1. The van der Waals surface area contributed by atoms with E-state index in [0.717, 1.165) is 5.69 Å². The van der Waals surface area contributed by atoms with E-state index >= 15 is 0 Å². The molecule has 0 fully saturated rings. The van der Waals surface area contributed by atoms with Gasteiger partial charge in [-0.25, -0.2) is 9.37 Å². The van der Waals surface area contributed by atoms with Crippen molar-refractivity contribution in [2.45, 2.75) is 6.92 Å². The standard InChI is InChI=1S/C11H11FN4/c1-7-6-10(16-11(13)14-7)15-9-5-3-2-4-8(9)12/h2-6H,1H3,(H3,13,14,15,16). The molecule has 0 unspecified atom stereocenters. The summed E-state index contributed by atoms with van der Waals surface area (Å²) < 4.78 is 13.3. The quantitative estimate of drug-likeness (QED) is 0.811. The number of rotatable bonds is 2. The SMILES string of the molecule is Cc1cc(Nc2ccccc2F)nc(N)n1. The van der Waals surface area contributed by atoms with Gasteiger partial charge in [-0.05, 0) is 19.1 Å². The number of aromatic nitrogens is 2. The minimum Gasteiger partial charge on any atom is -0.368 e. The maximum absolute atomic E-state index is 13.3. The molecule has 2 aromatic rings. The lowest BCUT2D eigenvalue weighted by molar-refractivity contribution is 0.632. The van der Waals surface area contributed by atoms with Crippen LogP contribution in [0.15, 0.2) is 30.3 Å². The maximum Gasteiger partial charge on any atom is 0.222 e. The number of hydrogen-bond donors (Lipinski definition) is 2. The van der Waals surface area contributed by atoms with Crippen molar-refractivity contribution >= 4 is 17.5 Å². The van der Waals surface area contributed by atoms with E-state index in [1.165, 1.54) is 6.07 Å². The van der Waals surface area contributed by atoms with E-state index in [2.05, 4.69) is 15.3 Å². The molecular weight excluding hydrogens is 207 g/mol. The molecule has 1 aromatic heterocycles. The number of hydrogen-bond acceptors (Lipinski definition) is 4. The van der Waals surface area contributed by atoms with E-state index in [-0.39, 0.29) is 11.8 Å². The van der Waals surface area contributed by atoms with Gasteiger partial charge in [-0.3, -0.25) is 0 Å². The van der Waals surface area contributed by atoms with Crippen LogP contribution in [0.25, 0.3) is 0 Å². The van der Waals surface area contributed by atoms with Gasteiger partial charge in [0.15, 0.2) is 0 Å². The fraction of sp³-hybridized carbons (Fsp3) is 0.0909. The molecule has 0 saturated heterocycles. The number of para-hydroxylation sites is 1. The van der Waals surface area contributed by atoms with Crippen LogP contribution in [0.3, 0.4) is 0 Å². The molecule has 0 amide bonds. The van der Waals surface area contributed by atoms with E-state index in [1.807, 2.05) is 0 Å². The topological polar surface area (TPSA) is 63.8 Å². The smallest absolute Gasteiger partial charge is 0.222 e. The Kier molecular flexibility index (Phi) is 2.68. The van der Waals surface area contributed by atoms with E-state index in [0.29, 0.717) is 11.5 Å². The first kappa shape index (κ1) is 10.4. The van der Waals surface area contributed by atoms with Crippen LogP contribution in [-0.4, -0.2) is 9.97 Å². The van der Waals surface area contributed by atoms with Crippen LogP contribution >= 0.6 is 0 Å². The third-order valence-electron chi connectivity index (χ3n) is 2.01. The molecule has 0 aliphatic carbocycles. The Hall–Kier alpha value is -2.17. The second-order valence-corrected chi connectivity index (χ2v) is 3.36. The first-order chi connectivity index (χ1) is 7.65. The first-order valence-corrected chi connectivity index (χ1v) is 4.78. The molecule has 0 atom stereocenters. The monoisotopic (exact) mass is 218 g/mol. The lowest BCUT2D eigenvalue weighted by atomic mass is 10.3. The normalized spacial score (nSPS) is 10.1. The molecule has 0 radical (unpaired) electrons. The van der Waals surface area contributed by atoms with Crippen molar-refractivity contribution in [1.29, 1.82) is 0 Å². The molecule has 82 valence electrons. The molecular formula is C11H11FN4. The summed E-state index contributed by atoms with van der Waals surface area (Å²) in [5, 5.41) is 2.85. The van der Waals surface area contributed by atoms with E-state index < -0.39 is 0 Å². The van der Waals surface area contributed by atoms with Gasteiger partial charge in [-0.1, -0.05) is 12.1 Å². The highest BCUT2D eigenvalue weighted by molar-refractivity contribution is 5.57. The Balaban J connectivity index is 2.30. The van der Waals surface area contributed by atoms with Gasteiger partial charge in [0, 0.05) is 11.8 Å². The Morgan fingerprint density at radius 2 is 2.00 bits per heavy atom. The molecule has 0 spiro atoms. The van der Waals surface area contributed by atoms with E-state index in [9.17, 15) is 4.39 Å². The van der Waals surface area contributed by atoms with Crippen molar-refractivity contribution in [2.75, 3.05) is 11.1 Å². The number of anilines is 3. The summed E-state index contributed by atoms with van der Waals surface area (Å²) in [5.74, 6) is 0.311. The molecule has 0 saturated carbocycles.